The Morgan fingerprint density at radius 1 is 1.05 bits per heavy atom. The van der Waals surface area contributed by atoms with Crippen molar-refractivity contribution in [2.75, 3.05) is 11.9 Å². The predicted octanol–water partition coefficient (Wildman–Crippen LogP) is 4.28. The average Bonchev–Trinajstić information content (AvgIpc) is 2.49. The predicted molar refractivity (Wildman–Crippen MR) is 75.8 cm³/mol. The van der Waals surface area contributed by atoms with Gasteiger partial charge in [0.2, 0.25) is 0 Å². The molecule has 0 aliphatic rings. The van der Waals surface area contributed by atoms with E-state index in [2.05, 4.69) is 11.9 Å². The Balaban J connectivity index is 1.98. The second-order valence-corrected chi connectivity index (χ2v) is 4.35. The van der Waals surface area contributed by atoms with Gasteiger partial charge in [0.15, 0.2) is 17.5 Å². The third-order valence-electron chi connectivity index (χ3n) is 2.77. The number of nitrogens with one attached hydrogen (secondary N) is 1. The number of halogens is 3. The Morgan fingerprint density at radius 2 is 1.67 bits per heavy atom. The molecule has 0 bridgehead atoms. The fourth-order valence-electron chi connectivity index (χ4n) is 1.72. The molecule has 0 aliphatic heterocycles. The lowest BCUT2D eigenvalue weighted by Crippen LogP contribution is -2.02. The zero-order chi connectivity index (χ0) is 15.2. The molecule has 2 aromatic rings. The SMILES string of the molecule is C=CCOc1ccc(CNc2cc(F)c(F)c(F)c2)cc1. The molecule has 2 aromatic carbocycles. The molecular weight excluding hydrogens is 279 g/mol. The minimum atomic E-state index is -1.47. The molecule has 0 amide bonds. The number of anilines is 1. The lowest BCUT2D eigenvalue weighted by Gasteiger charge is -2.09. The first kappa shape index (κ1) is 15.0. The van der Waals surface area contributed by atoms with Crippen molar-refractivity contribution in [3.05, 3.63) is 72.1 Å². The highest BCUT2D eigenvalue weighted by molar-refractivity contribution is 5.45. The van der Waals surface area contributed by atoms with Gasteiger partial charge < -0.3 is 10.1 Å². The normalized spacial score (nSPS) is 10.2. The van der Waals surface area contributed by atoms with Crippen molar-refractivity contribution in [3.63, 3.8) is 0 Å². The smallest absolute Gasteiger partial charge is 0.194 e. The van der Waals surface area contributed by atoms with Crippen LogP contribution in [0.5, 0.6) is 5.75 Å². The topological polar surface area (TPSA) is 21.3 Å². The fourth-order valence-corrected chi connectivity index (χ4v) is 1.72. The molecule has 0 saturated heterocycles. The quantitative estimate of drug-likeness (QED) is 0.634. The van der Waals surface area contributed by atoms with Crippen molar-refractivity contribution in [3.8, 4) is 5.75 Å². The van der Waals surface area contributed by atoms with Crippen LogP contribution in [0.25, 0.3) is 0 Å². The van der Waals surface area contributed by atoms with Gasteiger partial charge in [-0.25, -0.2) is 13.2 Å². The van der Waals surface area contributed by atoms with E-state index in [4.69, 9.17) is 4.74 Å². The van der Waals surface area contributed by atoms with Gasteiger partial charge in [-0.05, 0) is 17.7 Å². The summed E-state index contributed by atoms with van der Waals surface area (Å²) in [4.78, 5) is 0. The van der Waals surface area contributed by atoms with Crippen LogP contribution in [0.4, 0.5) is 18.9 Å². The molecule has 0 saturated carbocycles. The molecule has 0 spiro atoms. The molecule has 5 heteroatoms. The van der Waals surface area contributed by atoms with Crippen molar-refractivity contribution in [1.82, 2.24) is 0 Å². The van der Waals surface area contributed by atoms with E-state index in [1.807, 2.05) is 12.1 Å². The van der Waals surface area contributed by atoms with Crippen LogP contribution in [-0.4, -0.2) is 6.61 Å². The minimum Gasteiger partial charge on any atom is -0.490 e. The van der Waals surface area contributed by atoms with E-state index in [-0.39, 0.29) is 5.69 Å². The number of ether oxygens (including phenoxy) is 1. The third-order valence-corrected chi connectivity index (χ3v) is 2.77. The van der Waals surface area contributed by atoms with E-state index in [0.29, 0.717) is 18.9 Å². The maximum absolute atomic E-state index is 13.1. The maximum Gasteiger partial charge on any atom is 0.194 e. The molecule has 0 atom stereocenters. The van der Waals surface area contributed by atoms with Gasteiger partial charge in [0.25, 0.3) is 0 Å². The molecule has 2 rings (SSSR count). The zero-order valence-corrected chi connectivity index (χ0v) is 11.2. The third kappa shape index (κ3) is 4.02. The zero-order valence-electron chi connectivity index (χ0n) is 11.2. The summed E-state index contributed by atoms with van der Waals surface area (Å²) in [7, 11) is 0. The lowest BCUT2D eigenvalue weighted by molar-refractivity contribution is 0.363. The summed E-state index contributed by atoms with van der Waals surface area (Å²) < 4.78 is 44.3. The average molecular weight is 293 g/mol. The molecule has 0 unspecified atom stereocenters. The van der Waals surface area contributed by atoms with Crippen LogP contribution >= 0.6 is 0 Å². The van der Waals surface area contributed by atoms with E-state index in [0.717, 1.165) is 17.7 Å². The van der Waals surface area contributed by atoms with Crippen LogP contribution in [-0.2, 0) is 6.54 Å². The maximum atomic E-state index is 13.1. The first-order valence-corrected chi connectivity index (χ1v) is 6.31. The number of benzene rings is 2. The summed E-state index contributed by atoms with van der Waals surface area (Å²) in [5.74, 6) is -3.20. The summed E-state index contributed by atoms with van der Waals surface area (Å²) in [5.41, 5.74) is 1.07. The highest BCUT2D eigenvalue weighted by Gasteiger charge is 2.10. The molecule has 0 aliphatic carbocycles. The molecule has 110 valence electrons. The van der Waals surface area contributed by atoms with Gasteiger partial charge in [-0.3, -0.25) is 0 Å². The molecular formula is C16H14F3NO. The highest BCUT2D eigenvalue weighted by Crippen LogP contribution is 2.19. The molecule has 1 N–H and O–H groups in total. The van der Waals surface area contributed by atoms with Crippen molar-refractivity contribution in [1.29, 1.82) is 0 Å². The largest absolute Gasteiger partial charge is 0.490 e. The monoisotopic (exact) mass is 293 g/mol. The molecule has 0 heterocycles. The Bertz CT molecular complexity index is 603. The van der Waals surface area contributed by atoms with Crippen molar-refractivity contribution >= 4 is 5.69 Å². The number of hydrogen-bond donors (Lipinski definition) is 1. The van der Waals surface area contributed by atoms with Crippen LogP contribution < -0.4 is 10.1 Å². The van der Waals surface area contributed by atoms with Crippen LogP contribution in [0.1, 0.15) is 5.56 Å². The second kappa shape index (κ2) is 6.83. The fraction of sp³-hybridized carbons (Fsp3) is 0.125. The van der Waals surface area contributed by atoms with Crippen molar-refractivity contribution in [2.24, 2.45) is 0 Å². The lowest BCUT2D eigenvalue weighted by atomic mass is 10.2. The molecule has 0 aromatic heterocycles. The summed E-state index contributed by atoms with van der Waals surface area (Å²) in [5, 5.41) is 2.83. The van der Waals surface area contributed by atoms with Gasteiger partial charge in [0.05, 0.1) is 0 Å². The standard InChI is InChI=1S/C16H14F3NO/c1-2-7-21-13-5-3-11(4-6-13)10-20-12-8-14(17)16(19)15(18)9-12/h2-6,8-9,20H,1,7,10H2. The summed E-state index contributed by atoms with van der Waals surface area (Å²) in [6.07, 6.45) is 1.65. The highest BCUT2D eigenvalue weighted by atomic mass is 19.2. The summed E-state index contributed by atoms with van der Waals surface area (Å²) >= 11 is 0. The molecule has 0 radical (unpaired) electrons. The van der Waals surface area contributed by atoms with Gasteiger partial charge in [-0.1, -0.05) is 24.8 Å². The van der Waals surface area contributed by atoms with Crippen LogP contribution in [0.15, 0.2) is 49.1 Å². The first-order valence-electron chi connectivity index (χ1n) is 6.31. The van der Waals surface area contributed by atoms with E-state index in [1.165, 1.54) is 0 Å². The Morgan fingerprint density at radius 3 is 2.24 bits per heavy atom. The first-order chi connectivity index (χ1) is 10.1. The van der Waals surface area contributed by atoms with E-state index in [9.17, 15) is 13.2 Å². The Labute approximate surface area is 120 Å². The van der Waals surface area contributed by atoms with Crippen LogP contribution in [0, 0.1) is 17.5 Å². The van der Waals surface area contributed by atoms with E-state index >= 15 is 0 Å². The van der Waals surface area contributed by atoms with Crippen molar-refractivity contribution < 1.29 is 17.9 Å². The number of hydrogen-bond acceptors (Lipinski definition) is 2. The van der Waals surface area contributed by atoms with E-state index in [1.54, 1.807) is 18.2 Å². The van der Waals surface area contributed by atoms with Gasteiger partial charge >= 0.3 is 0 Å². The Hall–Kier alpha value is -2.43. The Kier molecular flexibility index (Phi) is 4.87. The van der Waals surface area contributed by atoms with Gasteiger partial charge in [0.1, 0.15) is 12.4 Å². The molecule has 0 fully saturated rings. The van der Waals surface area contributed by atoms with Crippen LogP contribution in [0.2, 0.25) is 0 Å². The van der Waals surface area contributed by atoms with E-state index < -0.39 is 17.5 Å². The van der Waals surface area contributed by atoms with Gasteiger partial charge in [-0.2, -0.15) is 0 Å². The second-order valence-electron chi connectivity index (χ2n) is 4.35. The van der Waals surface area contributed by atoms with Gasteiger partial charge in [-0.15, -0.1) is 0 Å². The molecule has 2 nitrogen and oxygen atoms in total. The van der Waals surface area contributed by atoms with Gasteiger partial charge in [0, 0.05) is 24.4 Å². The van der Waals surface area contributed by atoms with Crippen LogP contribution in [0.3, 0.4) is 0 Å². The molecule has 21 heavy (non-hydrogen) atoms. The summed E-state index contributed by atoms with van der Waals surface area (Å²) in [6, 6.07) is 9.04. The minimum absolute atomic E-state index is 0.179. The number of rotatable bonds is 6. The van der Waals surface area contributed by atoms with Crippen molar-refractivity contribution in [2.45, 2.75) is 6.54 Å². The summed E-state index contributed by atoms with van der Waals surface area (Å²) in [6.45, 7) is 4.33.